The molecule has 0 N–H and O–H groups in total. The van der Waals surface area contributed by atoms with Crippen LogP contribution in [-0.2, 0) is 11.3 Å². The molecule has 43 heavy (non-hydrogen) atoms. The van der Waals surface area contributed by atoms with Crippen LogP contribution in [0, 0.1) is 24.1 Å². The van der Waals surface area contributed by atoms with Gasteiger partial charge in [0.15, 0.2) is 0 Å². The maximum Gasteiger partial charge on any atom is 0.270 e. The number of anilines is 2. The molecule has 10 heteroatoms. The van der Waals surface area contributed by atoms with E-state index >= 15 is 0 Å². The number of hydrogen-bond acceptors (Lipinski definition) is 7. The lowest BCUT2D eigenvalue weighted by Gasteiger charge is -2.39. The summed E-state index contributed by atoms with van der Waals surface area (Å²) in [5.74, 6) is 0.334. The van der Waals surface area contributed by atoms with Crippen LogP contribution in [0.25, 0.3) is 6.08 Å². The minimum Gasteiger partial charge on any atom is -0.366 e. The second-order valence-corrected chi connectivity index (χ2v) is 12.9. The molecule has 2 aliphatic heterocycles. The molecule has 2 fully saturated rings. The minimum absolute atomic E-state index is 0.0960. The summed E-state index contributed by atoms with van der Waals surface area (Å²) in [6.07, 6.45) is 10.2. The summed E-state index contributed by atoms with van der Waals surface area (Å²) in [6, 6.07) is 8.90. The Kier molecular flexibility index (Phi) is 11.8. The van der Waals surface area contributed by atoms with Crippen molar-refractivity contribution in [3.8, 4) is 6.07 Å². The Bertz CT molecular complexity index is 1460. The predicted molar refractivity (Wildman–Crippen MR) is 179 cm³/mol. The number of unbranched alkanes of at least 4 members (excludes halogenated alkanes) is 6. The molecule has 0 saturated carbocycles. The first kappa shape index (κ1) is 32.7. The molecule has 7 nitrogen and oxygen atoms in total. The number of rotatable bonds is 13. The molecule has 0 radical (unpaired) electrons. The number of nitrogens with zero attached hydrogens (tertiary/aromatic N) is 5. The zero-order valence-electron chi connectivity index (χ0n) is 25.5. The number of thiocarbonyl (C=S) groups is 1. The number of nitriles is 1. The van der Waals surface area contributed by atoms with Gasteiger partial charge in [0.1, 0.15) is 27.6 Å². The minimum atomic E-state index is -0.312. The normalized spacial score (nSPS) is 16.4. The second kappa shape index (κ2) is 15.5. The standard InChI is InChI=1S/C33H42FN5O2S2/c1-4-6-8-9-10-13-17-39-32(41)29(43-33(39)42)22-25-24(3)26(23-35)31(40)38(16-7-5-2)30(25)37-20-18-36(19-21-37)28-15-12-11-14-27(28)34/h11-12,14-15,22H,4-10,13,16-21H2,1-3H3/b29-22-. The van der Waals surface area contributed by atoms with Gasteiger partial charge in [-0.1, -0.05) is 88.5 Å². The average Bonchev–Trinajstić information content (AvgIpc) is 3.27. The van der Waals surface area contributed by atoms with E-state index in [1.807, 2.05) is 17.0 Å². The lowest BCUT2D eigenvalue weighted by Crippen LogP contribution is -2.49. The molecule has 0 atom stereocenters. The van der Waals surface area contributed by atoms with Crippen molar-refractivity contribution in [1.29, 1.82) is 5.26 Å². The Morgan fingerprint density at radius 1 is 0.953 bits per heavy atom. The highest BCUT2D eigenvalue weighted by Crippen LogP contribution is 2.36. The topological polar surface area (TPSA) is 72.6 Å². The SMILES string of the molecule is CCCCCCCCN1C(=O)/C(=C/c2c(C)c(C#N)c(=O)n(CCCC)c2N2CCN(c3ccccc3F)CC2)SC1=S. The Morgan fingerprint density at radius 3 is 2.28 bits per heavy atom. The third kappa shape index (κ3) is 7.50. The van der Waals surface area contributed by atoms with E-state index in [0.717, 1.165) is 32.1 Å². The Balaban J connectivity index is 1.67. The summed E-state index contributed by atoms with van der Waals surface area (Å²) in [5, 5.41) is 9.99. The van der Waals surface area contributed by atoms with Gasteiger partial charge in [-0.2, -0.15) is 5.26 Å². The van der Waals surface area contributed by atoms with Crippen LogP contribution >= 0.6 is 24.0 Å². The van der Waals surface area contributed by atoms with Crippen LogP contribution < -0.4 is 15.4 Å². The van der Waals surface area contributed by atoms with Crippen LogP contribution in [0.15, 0.2) is 34.0 Å². The Labute approximate surface area is 264 Å². The summed E-state index contributed by atoms with van der Waals surface area (Å²) in [5.41, 5.74) is 1.61. The number of pyridine rings is 1. The van der Waals surface area contributed by atoms with Crippen LogP contribution in [0.4, 0.5) is 15.9 Å². The molecule has 1 amide bonds. The number of aromatic nitrogens is 1. The van der Waals surface area contributed by atoms with E-state index in [1.165, 1.54) is 37.1 Å². The van der Waals surface area contributed by atoms with Gasteiger partial charge in [-0.15, -0.1) is 0 Å². The molecule has 230 valence electrons. The number of amides is 1. The van der Waals surface area contributed by atoms with Gasteiger partial charge in [0.2, 0.25) is 0 Å². The molecule has 4 rings (SSSR count). The van der Waals surface area contributed by atoms with Crippen molar-refractivity contribution in [3.63, 3.8) is 0 Å². The van der Waals surface area contributed by atoms with Gasteiger partial charge in [-0.25, -0.2) is 4.39 Å². The van der Waals surface area contributed by atoms with Gasteiger partial charge in [-0.3, -0.25) is 19.1 Å². The van der Waals surface area contributed by atoms with E-state index in [9.17, 15) is 19.2 Å². The van der Waals surface area contributed by atoms with Crippen molar-refractivity contribution in [2.75, 3.05) is 42.5 Å². The molecule has 0 unspecified atom stereocenters. The fourth-order valence-corrected chi connectivity index (χ4v) is 7.04. The van der Waals surface area contributed by atoms with Crippen LogP contribution in [0.5, 0.6) is 0 Å². The summed E-state index contributed by atoms with van der Waals surface area (Å²) in [6.45, 7) is 9.37. The first-order valence-corrected chi connectivity index (χ1v) is 16.7. The largest absolute Gasteiger partial charge is 0.366 e. The van der Waals surface area contributed by atoms with Crippen LogP contribution in [-0.4, -0.2) is 52.4 Å². The maximum absolute atomic E-state index is 14.5. The van der Waals surface area contributed by atoms with Crippen LogP contribution in [0.3, 0.4) is 0 Å². The van der Waals surface area contributed by atoms with E-state index < -0.39 is 0 Å². The summed E-state index contributed by atoms with van der Waals surface area (Å²) >= 11 is 6.90. The smallest absolute Gasteiger partial charge is 0.270 e. The Morgan fingerprint density at radius 2 is 1.60 bits per heavy atom. The lowest BCUT2D eigenvalue weighted by molar-refractivity contribution is -0.122. The fourth-order valence-electron chi connectivity index (χ4n) is 5.75. The van der Waals surface area contributed by atoms with Gasteiger partial charge < -0.3 is 9.80 Å². The van der Waals surface area contributed by atoms with Gasteiger partial charge in [0.25, 0.3) is 11.5 Å². The quantitative estimate of drug-likeness (QED) is 0.137. The predicted octanol–water partition coefficient (Wildman–Crippen LogP) is 6.86. The van der Waals surface area contributed by atoms with E-state index in [-0.39, 0.29) is 22.8 Å². The summed E-state index contributed by atoms with van der Waals surface area (Å²) in [4.78, 5) is 33.5. The average molecular weight is 624 g/mol. The molecule has 2 aromatic rings. The molecular formula is C33H42FN5O2S2. The van der Waals surface area contributed by atoms with Crippen molar-refractivity contribution < 1.29 is 9.18 Å². The highest BCUT2D eigenvalue weighted by Gasteiger charge is 2.33. The highest BCUT2D eigenvalue weighted by molar-refractivity contribution is 8.26. The van der Waals surface area contributed by atoms with E-state index in [0.29, 0.717) is 71.1 Å². The van der Waals surface area contributed by atoms with Crippen LogP contribution in [0.2, 0.25) is 0 Å². The van der Waals surface area contributed by atoms with Gasteiger partial charge in [-0.05, 0) is 43.5 Å². The third-order valence-corrected chi connectivity index (χ3v) is 9.62. The molecule has 0 spiro atoms. The number of piperazine rings is 1. The van der Waals surface area contributed by atoms with Gasteiger partial charge in [0.05, 0.1) is 10.6 Å². The second-order valence-electron chi connectivity index (χ2n) is 11.2. The molecule has 0 bridgehead atoms. The number of halogens is 1. The van der Waals surface area contributed by atoms with Crippen molar-refractivity contribution in [2.24, 2.45) is 0 Å². The number of carbonyl (C=O) groups excluding carboxylic acids is 1. The van der Waals surface area contributed by atoms with E-state index in [1.54, 1.807) is 28.5 Å². The van der Waals surface area contributed by atoms with Crippen molar-refractivity contribution in [2.45, 2.75) is 78.7 Å². The first-order valence-electron chi connectivity index (χ1n) is 15.5. The van der Waals surface area contributed by atoms with Crippen LogP contribution in [0.1, 0.15) is 81.9 Å². The highest BCUT2D eigenvalue weighted by atomic mass is 32.2. The molecule has 1 aromatic carbocycles. The van der Waals surface area contributed by atoms with Crippen molar-refractivity contribution >= 4 is 51.8 Å². The molecule has 1 aromatic heterocycles. The van der Waals surface area contributed by atoms with E-state index in [2.05, 4.69) is 24.8 Å². The monoisotopic (exact) mass is 623 g/mol. The summed E-state index contributed by atoms with van der Waals surface area (Å²) in [7, 11) is 0. The lowest BCUT2D eigenvalue weighted by atomic mass is 10.0. The first-order chi connectivity index (χ1) is 20.8. The zero-order chi connectivity index (χ0) is 30.9. The summed E-state index contributed by atoms with van der Waals surface area (Å²) < 4.78 is 16.8. The molecular weight excluding hydrogens is 582 g/mol. The zero-order valence-corrected chi connectivity index (χ0v) is 27.2. The van der Waals surface area contributed by atoms with Gasteiger partial charge in [0, 0.05) is 44.8 Å². The van der Waals surface area contributed by atoms with Gasteiger partial charge >= 0.3 is 0 Å². The number of thioether (sulfide) groups is 1. The third-order valence-electron chi connectivity index (χ3n) is 8.24. The van der Waals surface area contributed by atoms with E-state index in [4.69, 9.17) is 12.2 Å². The molecule has 2 saturated heterocycles. The Hall–Kier alpha value is -3.16. The number of benzene rings is 1. The van der Waals surface area contributed by atoms with Crippen molar-refractivity contribution in [3.05, 3.63) is 62.0 Å². The fraction of sp³-hybridized carbons (Fsp3) is 0.515. The number of hydrogen-bond donors (Lipinski definition) is 0. The molecule has 3 heterocycles. The van der Waals surface area contributed by atoms with Crippen molar-refractivity contribution in [1.82, 2.24) is 9.47 Å². The number of para-hydroxylation sites is 1. The maximum atomic E-state index is 14.5. The molecule has 0 aliphatic carbocycles. The molecule has 2 aliphatic rings. The number of carbonyl (C=O) groups is 1.